The minimum atomic E-state index is -0.584. The molecule has 0 aliphatic carbocycles. The fourth-order valence-electron chi connectivity index (χ4n) is 1.81. The first kappa shape index (κ1) is 17.6. The summed E-state index contributed by atoms with van der Waals surface area (Å²) in [6, 6.07) is 8.05. The zero-order chi connectivity index (χ0) is 17.5. The lowest BCUT2D eigenvalue weighted by Gasteiger charge is -2.09. The fraction of sp³-hybridized carbons (Fsp3) is 0.188. The minimum absolute atomic E-state index is 0.240. The van der Waals surface area contributed by atoms with Crippen LogP contribution in [0.5, 0.6) is 11.6 Å². The van der Waals surface area contributed by atoms with Crippen molar-refractivity contribution in [2.24, 2.45) is 5.73 Å². The fourth-order valence-corrected chi connectivity index (χ4v) is 2.03. The minimum Gasteiger partial charge on any atom is -0.484 e. The number of primary amides is 1. The summed E-state index contributed by atoms with van der Waals surface area (Å²) in [6.07, 6.45) is 1.37. The van der Waals surface area contributed by atoms with Crippen LogP contribution in [0.4, 0.5) is 5.69 Å². The van der Waals surface area contributed by atoms with E-state index in [1.807, 2.05) is 6.92 Å². The average Bonchev–Trinajstić information content (AvgIpc) is 2.55. The number of amides is 2. The number of halogens is 1. The number of aromatic nitrogens is 1. The Morgan fingerprint density at radius 3 is 2.75 bits per heavy atom. The second-order valence-corrected chi connectivity index (χ2v) is 5.09. The van der Waals surface area contributed by atoms with Crippen LogP contribution in [-0.2, 0) is 4.79 Å². The maximum absolute atomic E-state index is 12.2. The van der Waals surface area contributed by atoms with Crippen LogP contribution in [0.25, 0.3) is 0 Å². The molecule has 0 radical (unpaired) electrons. The molecule has 0 saturated heterocycles. The zero-order valence-electron chi connectivity index (χ0n) is 12.9. The van der Waals surface area contributed by atoms with Crippen molar-refractivity contribution >= 4 is 29.1 Å². The molecule has 2 aromatic rings. The first-order valence-electron chi connectivity index (χ1n) is 7.10. The van der Waals surface area contributed by atoms with Gasteiger partial charge in [-0.2, -0.15) is 0 Å². The van der Waals surface area contributed by atoms with Gasteiger partial charge in [-0.25, -0.2) is 4.98 Å². The third kappa shape index (κ3) is 4.85. The third-order valence-electron chi connectivity index (χ3n) is 2.82. The highest BCUT2D eigenvalue weighted by Crippen LogP contribution is 2.23. The largest absolute Gasteiger partial charge is 0.484 e. The highest BCUT2D eigenvalue weighted by atomic mass is 35.5. The van der Waals surface area contributed by atoms with Crippen LogP contribution >= 0.6 is 11.6 Å². The Morgan fingerprint density at radius 2 is 2.08 bits per heavy atom. The van der Waals surface area contributed by atoms with E-state index in [0.717, 1.165) is 0 Å². The zero-order valence-corrected chi connectivity index (χ0v) is 13.7. The highest BCUT2D eigenvalue weighted by Gasteiger charge is 2.11. The second kappa shape index (κ2) is 8.16. The topological polar surface area (TPSA) is 104 Å². The molecule has 0 unspecified atom stereocenters. The molecule has 0 atom stereocenters. The standard InChI is InChI=1S/C16H16ClN3O4/c1-2-23-16-13(17)6-10(8-19-16)15(22)20-11-4-3-5-12(7-11)24-9-14(18)21/h3-8H,2,9H2,1H3,(H2,18,21)(H,20,22). The van der Waals surface area contributed by atoms with Crippen LogP contribution in [0.15, 0.2) is 36.5 Å². The van der Waals surface area contributed by atoms with Gasteiger partial charge in [-0.3, -0.25) is 9.59 Å². The van der Waals surface area contributed by atoms with Crippen molar-refractivity contribution < 1.29 is 19.1 Å². The summed E-state index contributed by atoms with van der Waals surface area (Å²) in [4.78, 5) is 27.0. The number of nitrogens with two attached hydrogens (primary N) is 1. The van der Waals surface area contributed by atoms with Gasteiger partial charge in [-0.05, 0) is 25.1 Å². The van der Waals surface area contributed by atoms with Crippen LogP contribution in [-0.4, -0.2) is 30.0 Å². The summed E-state index contributed by atoms with van der Waals surface area (Å²) in [7, 11) is 0. The van der Waals surface area contributed by atoms with Crippen molar-refractivity contribution in [3.63, 3.8) is 0 Å². The second-order valence-electron chi connectivity index (χ2n) is 4.68. The first-order valence-corrected chi connectivity index (χ1v) is 7.48. The molecule has 1 aromatic carbocycles. The Morgan fingerprint density at radius 1 is 1.29 bits per heavy atom. The van der Waals surface area contributed by atoms with Crippen LogP contribution in [0.3, 0.4) is 0 Å². The summed E-state index contributed by atoms with van der Waals surface area (Å²) in [5.74, 6) is -0.286. The van der Waals surface area contributed by atoms with Crippen molar-refractivity contribution in [1.82, 2.24) is 4.98 Å². The van der Waals surface area contributed by atoms with Gasteiger partial charge in [0.05, 0.1) is 12.2 Å². The molecule has 0 spiro atoms. The van der Waals surface area contributed by atoms with E-state index in [1.165, 1.54) is 12.3 Å². The molecule has 1 heterocycles. The number of carbonyl (C=O) groups excluding carboxylic acids is 2. The summed E-state index contributed by atoms with van der Waals surface area (Å²) in [6.45, 7) is 2.00. The van der Waals surface area contributed by atoms with E-state index < -0.39 is 5.91 Å². The van der Waals surface area contributed by atoms with E-state index in [9.17, 15) is 9.59 Å². The Balaban J connectivity index is 2.07. The van der Waals surface area contributed by atoms with Gasteiger partial charge in [-0.15, -0.1) is 0 Å². The lowest BCUT2D eigenvalue weighted by molar-refractivity contribution is -0.119. The number of pyridine rings is 1. The van der Waals surface area contributed by atoms with E-state index in [-0.39, 0.29) is 29.0 Å². The molecule has 0 saturated carbocycles. The number of hydrogen-bond acceptors (Lipinski definition) is 5. The van der Waals surface area contributed by atoms with Crippen molar-refractivity contribution in [2.75, 3.05) is 18.5 Å². The van der Waals surface area contributed by atoms with E-state index in [0.29, 0.717) is 18.0 Å². The SMILES string of the molecule is CCOc1ncc(C(=O)Nc2cccc(OCC(N)=O)c2)cc1Cl. The lowest BCUT2D eigenvalue weighted by Crippen LogP contribution is -2.20. The van der Waals surface area contributed by atoms with Gasteiger partial charge in [-0.1, -0.05) is 17.7 Å². The normalized spacial score (nSPS) is 10.1. The number of ether oxygens (including phenoxy) is 2. The number of anilines is 1. The van der Waals surface area contributed by atoms with Crippen LogP contribution in [0.2, 0.25) is 5.02 Å². The molecular formula is C16H16ClN3O4. The predicted molar refractivity (Wildman–Crippen MR) is 89.5 cm³/mol. The van der Waals surface area contributed by atoms with Crippen LogP contribution < -0.4 is 20.5 Å². The highest BCUT2D eigenvalue weighted by molar-refractivity contribution is 6.32. The van der Waals surface area contributed by atoms with Crippen molar-refractivity contribution in [3.8, 4) is 11.6 Å². The number of hydrogen-bond donors (Lipinski definition) is 2. The van der Waals surface area contributed by atoms with Gasteiger partial charge >= 0.3 is 0 Å². The molecule has 7 nitrogen and oxygen atoms in total. The Labute approximate surface area is 143 Å². The third-order valence-corrected chi connectivity index (χ3v) is 3.09. The van der Waals surface area contributed by atoms with Crippen molar-refractivity contribution in [1.29, 1.82) is 0 Å². The molecule has 24 heavy (non-hydrogen) atoms. The molecule has 0 aliphatic rings. The summed E-state index contributed by atoms with van der Waals surface area (Å²) in [5, 5.41) is 2.94. The molecule has 2 amide bonds. The summed E-state index contributed by atoms with van der Waals surface area (Å²) >= 11 is 6.02. The number of nitrogens with zero attached hydrogens (tertiary/aromatic N) is 1. The maximum Gasteiger partial charge on any atom is 0.257 e. The summed E-state index contributed by atoms with van der Waals surface area (Å²) < 4.78 is 10.4. The van der Waals surface area contributed by atoms with E-state index in [1.54, 1.807) is 24.3 Å². The summed E-state index contributed by atoms with van der Waals surface area (Å²) in [5.41, 5.74) is 5.80. The van der Waals surface area contributed by atoms with Gasteiger partial charge in [0.2, 0.25) is 5.88 Å². The number of benzene rings is 1. The molecule has 0 aliphatic heterocycles. The number of carbonyl (C=O) groups is 2. The van der Waals surface area contributed by atoms with Gasteiger partial charge in [0.15, 0.2) is 6.61 Å². The van der Waals surface area contributed by atoms with E-state index in [2.05, 4.69) is 10.3 Å². The number of nitrogens with one attached hydrogen (secondary N) is 1. The van der Waals surface area contributed by atoms with Gasteiger partial charge in [0.1, 0.15) is 10.8 Å². The molecule has 1 aromatic heterocycles. The first-order chi connectivity index (χ1) is 11.5. The van der Waals surface area contributed by atoms with E-state index in [4.69, 9.17) is 26.8 Å². The Bertz CT molecular complexity index is 752. The van der Waals surface area contributed by atoms with Crippen molar-refractivity contribution in [3.05, 3.63) is 47.1 Å². The quantitative estimate of drug-likeness (QED) is 0.797. The predicted octanol–water partition coefficient (Wildman–Crippen LogP) is 2.25. The Hall–Kier alpha value is -2.80. The number of rotatable bonds is 7. The van der Waals surface area contributed by atoms with Gasteiger partial charge in [0.25, 0.3) is 11.8 Å². The van der Waals surface area contributed by atoms with Gasteiger partial charge < -0.3 is 20.5 Å². The molecule has 2 rings (SSSR count). The molecule has 3 N–H and O–H groups in total. The molecule has 0 fully saturated rings. The molecule has 0 bridgehead atoms. The lowest BCUT2D eigenvalue weighted by atomic mass is 10.2. The van der Waals surface area contributed by atoms with Crippen molar-refractivity contribution in [2.45, 2.75) is 6.92 Å². The van der Waals surface area contributed by atoms with Gasteiger partial charge in [0, 0.05) is 18.0 Å². The van der Waals surface area contributed by atoms with E-state index >= 15 is 0 Å². The molecule has 126 valence electrons. The van der Waals surface area contributed by atoms with Crippen LogP contribution in [0, 0.1) is 0 Å². The molecule has 8 heteroatoms. The average molecular weight is 350 g/mol. The molecular weight excluding hydrogens is 334 g/mol. The Kier molecular flexibility index (Phi) is 5.97. The smallest absolute Gasteiger partial charge is 0.257 e. The maximum atomic E-state index is 12.2. The van der Waals surface area contributed by atoms with Crippen LogP contribution in [0.1, 0.15) is 17.3 Å². The monoisotopic (exact) mass is 349 g/mol.